The number of carbonyl (C=O) groups excluding carboxylic acids is 2. The molecule has 1 aliphatic heterocycles. The molecule has 3 rings (SSSR count). The average Bonchev–Trinajstić information content (AvgIpc) is 2.79. The van der Waals surface area contributed by atoms with Crippen molar-refractivity contribution >= 4 is 46.2 Å². The van der Waals surface area contributed by atoms with E-state index in [4.69, 9.17) is 12.2 Å². The number of piperazine rings is 1. The van der Waals surface area contributed by atoms with Crippen molar-refractivity contribution in [2.45, 2.75) is 13.8 Å². The Labute approximate surface area is 191 Å². The number of para-hydroxylation sites is 3. The van der Waals surface area contributed by atoms with Crippen LogP contribution in [0.5, 0.6) is 0 Å². The minimum absolute atomic E-state index is 0.0306. The van der Waals surface area contributed by atoms with Gasteiger partial charge in [-0.25, -0.2) is 0 Å². The van der Waals surface area contributed by atoms with E-state index in [-0.39, 0.29) is 28.2 Å². The zero-order valence-corrected chi connectivity index (χ0v) is 18.7. The van der Waals surface area contributed by atoms with E-state index in [2.05, 4.69) is 15.5 Å². The number of rotatable bonds is 5. The van der Waals surface area contributed by atoms with E-state index in [0.717, 1.165) is 5.69 Å². The van der Waals surface area contributed by atoms with Crippen LogP contribution in [0.4, 0.5) is 17.1 Å². The summed E-state index contributed by atoms with van der Waals surface area (Å²) in [5.74, 6) is -0.542. The number of hydrogen-bond acceptors (Lipinski definition) is 6. The smallest absolute Gasteiger partial charge is 0.282 e. The van der Waals surface area contributed by atoms with E-state index < -0.39 is 10.8 Å². The normalized spacial score (nSPS) is 13.6. The maximum atomic E-state index is 12.5. The van der Waals surface area contributed by atoms with Crippen LogP contribution in [-0.4, -0.2) is 52.9 Å². The molecule has 0 saturated carbocycles. The number of nitrogens with one attached hydrogen (secondary N) is 2. The molecule has 0 spiro atoms. The van der Waals surface area contributed by atoms with Gasteiger partial charge in [-0.05, 0) is 30.4 Å². The number of amides is 2. The number of hydrogen-bond donors (Lipinski definition) is 2. The average molecular weight is 456 g/mol. The van der Waals surface area contributed by atoms with Gasteiger partial charge in [-0.2, -0.15) is 0 Å². The lowest BCUT2D eigenvalue weighted by molar-refractivity contribution is -0.385. The fraction of sp³-hybridized carbons (Fsp3) is 0.318. The quantitative estimate of drug-likeness (QED) is 0.405. The first-order valence-electron chi connectivity index (χ1n) is 10.3. The molecule has 32 heavy (non-hydrogen) atoms. The molecule has 0 unspecified atom stereocenters. The molecule has 1 heterocycles. The van der Waals surface area contributed by atoms with Gasteiger partial charge >= 0.3 is 0 Å². The monoisotopic (exact) mass is 455 g/mol. The Morgan fingerprint density at radius 3 is 2.31 bits per heavy atom. The maximum absolute atomic E-state index is 12.5. The molecular formula is C22H25N5O4S. The van der Waals surface area contributed by atoms with Crippen molar-refractivity contribution in [1.82, 2.24) is 10.2 Å². The SMILES string of the molecule is CC(C)C(=O)N1CCN(c2ccccc2NC(=S)NC(=O)c2ccccc2[N+](=O)[O-])CC1. The predicted molar refractivity (Wildman–Crippen MR) is 127 cm³/mol. The number of nitro groups is 1. The van der Waals surface area contributed by atoms with Crippen molar-refractivity contribution < 1.29 is 14.5 Å². The molecule has 1 fully saturated rings. The summed E-state index contributed by atoms with van der Waals surface area (Å²) in [6, 6.07) is 13.2. The zero-order chi connectivity index (χ0) is 23.3. The zero-order valence-electron chi connectivity index (χ0n) is 17.9. The van der Waals surface area contributed by atoms with E-state index in [0.29, 0.717) is 31.9 Å². The number of anilines is 2. The first-order chi connectivity index (χ1) is 15.3. The van der Waals surface area contributed by atoms with E-state index in [1.807, 2.05) is 43.0 Å². The second-order valence-electron chi connectivity index (χ2n) is 7.67. The summed E-state index contributed by atoms with van der Waals surface area (Å²) >= 11 is 5.28. The molecule has 0 radical (unpaired) electrons. The lowest BCUT2D eigenvalue weighted by atomic mass is 10.1. The first-order valence-corrected chi connectivity index (χ1v) is 10.7. The van der Waals surface area contributed by atoms with Gasteiger partial charge in [0.25, 0.3) is 11.6 Å². The Kier molecular flexibility index (Phi) is 7.37. The predicted octanol–water partition coefficient (Wildman–Crippen LogP) is 3.03. The molecular weight excluding hydrogens is 430 g/mol. The van der Waals surface area contributed by atoms with E-state index in [1.54, 1.807) is 6.07 Å². The third-order valence-corrected chi connectivity index (χ3v) is 5.35. The van der Waals surface area contributed by atoms with E-state index in [9.17, 15) is 19.7 Å². The minimum atomic E-state index is -0.659. The maximum Gasteiger partial charge on any atom is 0.282 e. The molecule has 0 aromatic heterocycles. The summed E-state index contributed by atoms with van der Waals surface area (Å²) in [6.45, 7) is 6.40. The van der Waals surface area contributed by atoms with Crippen LogP contribution >= 0.6 is 12.2 Å². The molecule has 168 valence electrons. The van der Waals surface area contributed by atoms with Crippen LogP contribution in [0, 0.1) is 16.0 Å². The third kappa shape index (κ3) is 5.38. The van der Waals surface area contributed by atoms with Gasteiger partial charge < -0.3 is 15.1 Å². The molecule has 2 aromatic carbocycles. The highest BCUT2D eigenvalue weighted by Crippen LogP contribution is 2.27. The molecule has 10 heteroatoms. The van der Waals surface area contributed by atoms with Gasteiger partial charge in [0.05, 0.1) is 16.3 Å². The van der Waals surface area contributed by atoms with Crippen LogP contribution < -0.4 is 15.5 Å². The van der Waals surface area contributed by atoms with E-state index in [1.165, 1.54) is 18.2 Å². The molecule has 1 aliphatic rings. The summed E-state index contributed by atoms with van der Waals surface area (Å²) in [7, 11) is 0. The van der Waals surface area contributed by atoms with Crippen LogP contribution in [-0.2, 0) is 4.79 Å². The highest BCUT2D eigenvalue weighted by molar-refractivity contribution is 7.80. The van der Waals surface area contributed by atoms with Crippen molar-refractivity contribution in [2.75, 3.05) is 36.4 Å². The topological polar surface area (TPSA) is 108 Å². The summed E-state index contributed by atoms with van der Waals surface area (Å²) in [4.78, 5) is 39.3. The van der Waals surface area contributed by atoms with Gasteiger partial charge in [0, 0.05) is 38.2 Å². The van der Waals surface area contributed by atoms with Gasteiger partial charge in [-0.15, -0.1) is 0 Å². The number of carbonyl (C=O) groups is 2. The van der Waals surface area contributed by atoms with Crippen molar-refractivity contribution in [3.8, 4) is 0 Å². The Bertz CT molecular complexity index is 1030. The standard InChI is InChI=1S/C22H25N5O4S/c1-15(2)21(29)26-13-11-25(12-14-26)19-10-6-4-8-17(19)23-22(32)24-20(28)16-7-3-5-9-18(16)27(30)31/h3-10,15H,11-14H2,1-2H3,(H2,23,24,28,32). The lowest BCUT2D eigenvalue weighted by Gasteiger charge is -2.37. The summed E-state index contributed by atoms with van der Waals surface area (Å²) in [5, 5.41) is 16.7. The van der Waals surface area contributed by atoms with Crippen LogP contribution in [0.3, 0.4) is 0 Å². The number of nitrogens with zero attached hydrogens (tertiary/aromatic N) is 3. The van der Waals surface area contributed by atoms with Gasteiger partial charge in [0.2, 0.25) is 5.91 Å². The van der Waals surface area contributed by atoms with Crippen molar-refractivity contribution in [1.29, 1.82) is 0 Å². The fourth-order valence-corrected chi connectivity index (χ4v) is 3.74. The van der Waals surface area contributed by atoms with Gasteiger partial charge in [-0.3, -0.25) is 25.0 Å². The second-order valence-corrected chi connectivity index (χ2v) is 8.07. The molecule has 0 bridgehead atoms. The van der Waals surface area contributed by atoms with Crippen molar-refractivity contribution in [3.63, 3.8) is 0 Å². The van der Waals surface area contributed by atoms with Gasteiger partial charge in [-0.1, -0.05) is 38.1 Å². The molecule has 2 amide bonds. The Morgan fingerprint density at radius 2 is 1.66 bits per heavy atom. The molecule has 0 aliphatic carbocycles. The molecule has 2 aromatic rings. The van der Waals surface area contributed by atoms with E-state index >= 15 is 0 Å². The highest BCUT2D eigenvalue weighted by Gasteiger charge is 2.24. The van der Waals surface area contributed by atoms with Crippen LogP contribution in [0.2, 0.25) is 0 Å². The number of benzene rings is 2. The van der Waals surface area contributed by atoms with Crippen LogP contribution in [0.1, 0.15) is 24.2 Å². The van der Waals surface area contributed by atoms with Crippen LogP contribution in [0.15, 0.2) is 48.5 Å². The van der Waals surface area contributed by atoms with Gasteiger partial charge in [0.15, 0.2) is 5.11 Å². The van der Waals surface area contributed by atoms with Crippen LogP contribution in [0.25, 0.3) is 0 Å². The van der Waals surface area contributed by atoms with Gasteiger partial charge in [0.1, 0.15) is 5.56 Å². The highest BCUT2D eigenvalue weighted by atomic mass is 32.1. The largest absolute Gasteiger partial charge is 0.366 e. The third-order valence-electron chi connectivity index (χ3n) is 5.15. The van der Waals surface area contributed by atoms with Crippen molar-refractivity contribution in [3.05, 3.63) is 64.2 Å². The van der Waals surface area contributed by atoms with Crippen molar-refractivity contribution in [2.24, 2.45) is 5.92 Å². The number of thiocarbonyl (C=S) groups is 1. The second kappa shape index (κ2) is 10.2. The Hall–Kier alpha value is -3.53. The minimum Gasteiger partial charge on any atom is -0.366 e. The Morgan fingerprint density at radius 1 is 1.03 bits per heavy atom. The Balaban J connectivity index is 1.67. The molecule has 9 nitrogen and oxygen atoms in total. The molecule has 0 atom stereocenters. The fourth-order valence-electron chi connectivity index (χ4n) is 3.54. The molecule has 1 saturated heterocycles. The first kappa shape index (κ1) is 23.1. The lowest BCUT2D eigenvalue weighted by Crippen LogP contribution is -2.50. The number of nitro benzene ring substituents is 1. The summed E-state index contributed by atoms with van der Waals surface area (Å²) in [5.41, 5.74) is 1.23. The molecule has 2 N–H and O–H groups in total. The summed E-state index contributed by atoms with van der Waals surface area (Å²) < 4.78 is 0. The summed E-state index contributed by atoms with van der Waals surface area (Å²) in [6.07, 6.45) is 0.